The van der Waals surface area contributed by atoms with Gasteiger partial charge in [-0.25, -0.2) is 8.42 Å². The highest BCUT2D eigenvalue weighted by molar-refractivity contribution is 7.99. The Balaban J connectivity index is 1.99. The molecule has 2 rings (SSSR count). The van der Waals surface area contributed by atoms with Gasteiger partial charge in [0.1, 0.15) is 0 Å². The lowest BCUT2D eigenvalue weighted by molar-refractivity contribution is -0.129. The average molecular weight is 371 g/mol. The van der Waals surface area contributed by atoms with Crippen molar-refractivity contribution in [2.75, 3.05) is 37.7 Å². The minimum absolute atomic E-state index is 0.108. The third kappa shape index (κ3) is 4.52. The molecule has 1 heterocycles. The van der Waals surface area contributed by atoms with Gasteiger partial charge in [0, 0.05) is 26.2 Å². The summed E-state index contributed by atoms with van der Waals surface area (Å²) in [5, 5.41) is 0. The molecule has 5 nitrogen and oxygen atoms in total. The summed E-state index contributed by atoms with van der Waals surface area (Å²) in [4.78, 5) is 14.3. The van der Waals surface area contributed by atoms with Crippen LogP contribution in [-0.2, 0) is 14.8 Å². The van der Waals surface area contributed by atoms with E-state index in [9.17, 15) is 13.2 Å². The van der Waals surface area contributed by atoms with Gasteiger partial charge >= 0.3 is 0 Å². The Labute approximate surface area is 149 Å². The Morgan fingerprint density at radius 2 is 1.83 bits per heavy atom. The Morgan fingerprint density at radius 3 is 2.42 bits per heavy atom. The molecule has 1 amide bonds. The van der Waals surface area contributed by atoms with Crippen molar-refractivity contribution in [3.8, 4) is 0 Å². The summed E-state index contributed by atoms with van der Waals surface area (Å²) < 4.78 is 27.1. The Morgan fingerprint density at radius 1 is 1.17 bits per heavy atom. The zero-order valence-electron chi connectivity index (χ0n) is 14.6. The van der Waals surface area contributed by atoms with Gasteiger partial charge in [0.2, 0.25) is 15.9 Å². The molecule has 0 N–H and O–H groups in total. The smallest absolute Gasteiger partial charge is 0.243 e. The molecule has 1 saturated heterocycles. The van der Waals surface area contributed by atoms with Crippen molar-refractivity contribution in [3.63, 3.8) is 0 Å². The summed E-state index contributed by atoms with van der Waals surface area (Å²) in [6.07, 6.45) is 1.06. The van der Waals surface area contributed by atoms with Gasteiger partial charge in [0.05, 0.1) is 10.6 Å². The van der Waals surface area contributed by atoms with Gasteiger partial charge in [-0.15, -0.1) is 0 Å². The summed E-state index contributed by atoms with van der Waals surface area (Å²) in [5.41, 5.74) is 1.82. The van der Waals surface area contributed by atoms with Crippen molar-refractivity contribution in [3.05, 3.63) is 29.3 Å². The Hall–Kier alpha value is -1.05. The first kappa shape index (κ1) is 19.3. The lowest BCUT2D eigenvalue weighted by Gasteiger charge is -2.34. The molecular formula is C17H26N2O3S2. The molecule has 0 radical (unpaired) electrons. The summed E-state index contributed by atoms with van der Waals surface area (Å²) in [7, 11) is -3.49. The number of piperazine rings is 1. The number of hydrogen-bond donors (Lipinski definition) is 0. The molecule has 1 aliphatic rings. The van der Waals surface area contributed by atoms with Gasteiger partial charge in [-0.3, -0.25) is 4.79 Å². The lowest BCUT2D eigenvalue weighted by Crippen LogP contribution is -2.51. The SMILES string of the molecule is CCCSCC(=O)N1CCN(S(=O)(=O)c2ccc(C)cc2C)CC1. The van der Waals surface area contributed by atoms with Gasteiger partial charge in [0.15, 0.2) is 0 Å². The van der Waals surface area contributed by atoms with Crippen LogP contribution in [0.3, 0.4) is 0 Å². The molecule has 0 aliphatic carbocycles. The van der Waals surface area contributed by atoms with Crippen LogP contribution in [0.5, 0.6) is 0 Å². The van der Waals surface area contributed by atoms with Crippen LogP contribution in [0.1, 0.15) is 24.5 Å². The van der Waals surface area contributed by atoms with E-state index in [2.05, 4.69) is 6.92 Å². The molecule has 0 bridgehead atoms. The highest BCUT2D eigenvalue weighted by Crippen LogP contribution is 2.22. The maximum absolute atomic E-state index is 12.8. The molecule has 0 saturated carbocycles. The fourth-order valence-corrected chi connectivity index (χ4v) is 5.22. The first-order valence-electron chi connectivity index (χ1n) is 8.29. The van der Waals surface area contributed by atoms with Crippen LogP contribution in [-0.4, -0.2) is 61.2 Å². The van der Waals surface area contributed by atoms with Gasteiger partial charge in [0.25, 0.3) is 0 Å². The normalized spacial score (nSPS) is 16.4. The average Bonchev–Trinajstić information content (AvgIpc) is 2.54. The molecule has 0 unspecified atom stereocenters. The van der Waals surface area contributed by atoms with E-state index in [0.29, 0.717) is 36.8 Å². The number of rotatable bonds is 6. The predicted molar refractivity (Wildman–Crippen MR) is 98.9 cm³/mol. The zero-order chi connectivity index (χ0) is 17.7. The summed E-state index contributed by atoms with van der Waals surface area (Å²) in [6, 6.07) is 5.39. The van der Waals surface area contributed by atoms with Crippen LogP contribution < -0.4 is 0 Å². The Bertz CT molecular complexity index is 681. The summed E-state index contributed by atoms with van der Waals surface area (Å²) in [5.74, 6) is 1.57. The number of carbonyl (C=O) groups is 1. The van der Waals surface area contributed by atoms with E-state index in [4.69, 9.17) is 0 Å². The van der Waals surface area contributed by atoms with Crippen molar-refractivity contribution >= 4 is 27.7 Å². The van der Waals surface area contributed by atoms with Crippen molar-refractivity contribution < 1.29 is 13.2 Å². The second kappa shape index (κ2) is 8.36. The largest absolute Gasteiger partial charge is 0.339 e. The van der Waals surface area contributed by atoms with Crippen LogP contribution in [0.15, 0.2) is 23.1 Å². The fraction of sp³-hybridized carbons (Fsp3) is 0.588. The van der Waals surface area contributed by atoms with E-state index in [-0.39, 0.29) is 5.91 Å². The minimum Gasteiger partial charge on any atom is -0.339 e. The van der Waals surface area contributed by atoms with Crippen LogP contribution >= 0.6 is 11.8 Å². The van der Waals surface area contributed by atoms with Gasteiger partial charge in [-0.05, 0) is 37.7 Å². The fourth-order valence-electron chi connectivity index (χ4n) is 2.80. The molecule has 24 heavy (non-hydrogen) atoms. The molecule has 0 atom stereocenters. The number of benzene rings is 1. The molecule has 7 heteroatoms. The molecule has 134 valence electrons. The molecule has 0 spiro atoms. The summed E-state index contributed by atoms with van der Waals surface area (Å²) in [6.45, 7) is 7.52. The second-order valence-electron chi connectivity index (χ2n) is 6.11. The number of aryl methyl sites for hydroxylation is 2. The molecule has 1 aliphatic heterocycles. The number of amides is 1. The zero-order valence-corrected chi connectivity index (χ0v) is 16.3. The number of nitrogens with zero attached hydrogens (tertiary/aromatic N) is 2. The number of hydrogen-bond acceptors (Lipinski definition) is 4. The van der Waals surface area contributed by atoms with Crippen LogP contribution in [0.25, 0.3) is 0 Å². The van der Waals surface area contributed by atoms with Crippen LogP contribution in [0.2, 0.25) is 0 Å². The topological polar surface area (TPSA) is 57.7 Å². The van der Waals surface area contributed by atoms with Crippen molar-refractivity contribution in [2.45, 2.75) is 32.1 Å². The van der Waals surface area contributed by atoms with E-state index < -0.39 is 10.0 Å². The van der Waals surface area contributed by atoms with Gasteiger partial charge < -0.3 is 4.90 Å². The standard InChI is InChI=1S/C17H26N2O3S2/c1-4-11-23-13-17(20)18-7-9-19(10-8-18)24(21,22)16-6-5-14(2)12-15(16)3/h5-6,12H,4,7-11,13H2,1-3H3. The van der Waals surface area contributed by atoms with Crippen LogP contribution in [0.4, 0.5) is 0 Å². The van der Waals surface area contributed by atoms with Crippen molar-refractivity contribution in [2.24, 2.45) is 0 Å². The third-order valence-electron chi connectivity index (χ3n) is 4.11. The second-order valence-corrected chi connectivity index (χ2v) is 9.12. The maximum Gasteiger partial charge on any atom is 0.243 e. The third-order valence-corrected chi connectivity index (χ3v) is 7.32. The van der Waals surface area contributed by atoms with Crippen molar-refractivity contribution in [1.82, 2.24) is 9.21 Å². The van der Waals surface area contributed by atoms with E-state index in [1.165, 1.54) is 4.31 Å². The summed E-state index contributed by atoms with van der Waals surface area (Å²) >= 11 is 1.64. The van der Waals surface area contributed by atoms with Gasteiger partial charge in [-0.1, -0.05) is 24.6 Å². The molecule has 1 aromatic rings. The van der Waals surface area contributed by atoms with E-state index in [1.54, 1.807) is 22.7 Å². The van der Waals surface area contributed by atoms with Gasteiger partial charge in [-0.2, -0.15) is 16.1 Å². The molecule has 0 aromatic heterocycles. The maximum atomic E-state index is 12.8. The van der Waals surface area contributed by atoms with E-state index in [0.717, 1.165) is 23.3 Å². The quantitative estimate of drug-likeness (QED) is 0.721. The minimum atomic E-state index is -3.49. The van der Waals surface area contributed by atoms with Crippen molar-refractivity contribution in [1.29, 1.82) is 0 Å². The molecule has 1 aromatic carbocycles. The van der Waals surface area contributed by atoms with E-state index >= 15 is 0 Å². The predicted octanol–water partition coefficient (Wildman–Crippen LogP) is 2.28. The van der Waals surface area contributed by atoms with E-state index in [1.807, 2.05) is 26.0 Å². The number of sulfonamides is 1. The monoisotopic (exact) mass is 370 g/mol. The number of thioether (sulfide) groups is 1. The first-order valence-corrected chi connectivity index (χ1v) is 10.9. The first-order chi connectivity index (χ1) is 11.4. The Kier molecular flexibility index (Phi) is 6.71. The molecule has 1 fully saturated rings. The number of carbonyl (C=O) groups excluding carboxylic acids is 1. The highest BCUT2D eigenvalue weighted by atomic mass is 32.2. The lowest BCUT2D eigenvalue weighted by atomic mass is 10.2. The van der Waals surface area contributed by atoms with Crippen LogP contribution in [0, 0.1) is 13.8 Å². The molecular weight excluding hydrogens is 344 g/mol. The highest BCUT2D eigenvalue weighted by Gasteiger charge is 2.30.